The van der Waals surface area contributed by atoms with E-state index < -0.39 is 26.0 Å². The van der Waals surface area contributed by atoms with Crippen molar-refractivity contribution >= 4 is 13.8 Å². The molecule has 0 aromatic heterocycles. The summed E-state index contributed by atoms with van der Waals surface area (Å²) in [7, 11) is -4.31. The van der Waals surface area contributed by atoms with E-state index in [-0.39, 0.29) is 32.8 Å². The normalized spacial score (nSPS) is 14.9. The first-order valence-corrected chi connectivity index (χ1v) is 22.7. The van der Waals surface area contributed by atoms with Crippen LogP contribution in [0.2, 0.25) is 0 Å². The summed E-state index contributed by atoms with van der Waals surface area (Å²) in [5.74, 6) is -0.434. The Hall–Kier alpha value is -2.52. The van der Waals surface area contributed by atoms with Gasteiger partial charge >= 0.3 is 13.8 Å². The van der Waals surface area contributed by atoms with E-state index in [0.29, 0.717) is 12.8 Å². The molecule has 55 heavy (non-hydrogen) atoms. The summed E-state index contributed by atoms with van der Waals surface area (Å²) in [6, 6.07) is 0. The number of esters is 1. The molecular formula is C45H78NO8P. The molecule has 0 heterocycles. The Bertz CT molecular complexity index is 1130. The number of carbonyl (C=O) groups is 1. The van der Waals surface area contributed by atoms with Crippen LogP contribution in [0.4, 0.5) is 0 Å². The quantitative estimate of drug-likeness (QED) is 0.0139. The Morgan fingerprint density at radius 1 is 0.673 bits per heavy atom. The average molecular weight is 792 g/mol. The number of nitrogens with two attached hydrogens (primary N) is 1. The van der Waals surface area contributed by atoms with Crippen molar-refractivity contribution in [1.29, 1.82) is 0 Å². The van der Waals surface area contributed by atoms with Crippen LogP contribution < -0.4 is 5.73 Å². The molecule has 0 aliphatic carbocycles. The van der Waals surface area contributed by atoms with Gasteiger partial charge in [-0.2, -0.15) is 0 Å². The third-order valence-corrected chi connectivity index (χ3v) is 9.49. The molecule has 2 unspecified atom stereocenters. The van der Waals surface area contributed by atoms with Gasteiger partial charge in [0.2, 0.25) is 0 Å². The van der Waals surface area contributed by atoms with Crippen molar-refractivity contribution < 1.29 is 37.9 Å². The third-order valence-electron chi connectivity index (χ3n) is 8.51. The Balaban J connectivity index is 4.33. The molecule has 0 fully saturated rings. The molecule has 0 aliphatic rings. The molecule has 0 saturated heterocycles. The van der Waals surface area contributed by atoms with Gasteiger partial charge in [-0.1, -0.05) is 170 Å². The lowest BCUT2D eigenvalue weighted by Gasteiger charge is -2.19. The highest BCUT2D eigenvalue weighted by atomic mass is 31.2. The van der Waals surface area contributed by atoms with Crippen LogP contribution in [0.3, 0.4) is 0 Å². The predicted molar refractivity (Wildman–Crippen MR) is 230 cm³/mol. The van der Waals surface area contributed by atoms with Crippen LogP contribution in [0, 0.1) is 0 Å². The van der Waals surface area contributed by atoms with Crippen LogP contribution in [0.25, 0.3) is 0 Å². The Morgan fingerprint density at radius 3 is 1.85 bits per heavy atom. The number of phosphoric ester groups is 1. The van der Waals surface area contributed by atoms with Crippen LogP contribution in [-0.4, -0.2) is 54.5 Å². The molecule has 0 aliphatic heterocycles. The first kappa shape index (κ1) is 52.5. The number of rotatable bonds is 39. The molecule has 0 rings (SSSR count). The number of phosphoric acid groups is 1. The first-order chi connectivity index (χ1) is 26.8. The molecular weight excluding hydrogens is 713 g/mol. The summed E-state index contributed by atoms with van der Waals surface area (Å²) in [5.41, 5.74) is 5.35. The van der Waals surface area contributed by atoms with Gasteiger partial charge in [-0.15, -0.1) is 0 Å². The molecule has 3 atom stereocenters. The van der Waals surface area contributed by atoms with Crippen molar-refractivity contribution in [1.82, 2.24) is 0 Å². The monoisotopic (exact) mass is 792 g/mol. The summed E-state index contributed by atoms with van der Waals surface area (Å²) >= 11 is 0. The fourth-order valence-electron chi connectivity index (χ4n) is 5.33. The molecule has 10 heteroatoms. The zero-order valence-corrected chi connectivity index (χ0v) is 35.4. The summed E-state index contributed by atoms with van der Waals surface area (Å²) < 4.78 is 33.0. The van der Waals surface area contributed by atoms with Crippen LogP contribution >= 0.6 is 7.82 Å². The molecule has 0 amide bonds. The first-order valence-electron chi connectivity index (χ1n) is 21.2. The lowest BCUT2D eigenvalue weighted by molar-refractivity contribution is -0.147. The minimum absolute atomic E-state index is 0.0730. The van der Waals surface area contributed by atoms with Gasteiger partial charge in [0.25, 0.3) is 0 Å². The SMILES string of the molecule is CC/C=C\C/C=C\C/C=C\C/C=C\C=C/C(O)C/C=C\CCC(=O)OC[C@H](COP(=O)(O)OCCN)O/C=C/CCCCCCCCCCCCCCCC. The lowest BCUT2D eigenvalue weighted by Crippen LogP contribution is -2.25. The lowest BCUT2D eigenvalue weighted by atomic mass is 10.0. The smallest absolute Gasteiger partial charge is 0.472 e. The molecule has 0 spiro atoms. The minimum Gasteiger partial charge on any atom is -0.492 e. The van der Waals surface area contributed by atoms with Gasteiger partial charge in [0.1, 0.15) is 6.61 Å². The Morgan fingerprint density at radius 2 is 1.25 bits per heavy atom. The molecule has 0 aromatic carbocycles. The fraction of sp³-hybridized carbons (Fsp3) is 0.667. The summed E-state index contributed by atoms with van der Waals surface area (Å²) in [5, 5.41) is 10.2. The van der Waals surface area contributed by atoms with Crippen LogP contribution in [0.15, 0.2) is 85.3 Å². The molecule has 316 valence electrons. The number of hydrogen-bond acceptors (Lipinski definition) is 8. The molecule has 0 radical (unpaired) electrons. The van der Waals surface area contributed by atoms with Gasteiger partial charge < -0.3 is 25.2 Å². The number of carbonyl (C=O) groups excluding carboxylic acids is 1. The average Bonchev–Trinajstić information content (AvgIpc) is 3.17. The van der Waals surface area contributed by atoms with E-state index in [0.717, 1.165) is 44.9 Å². The van der Waals surface area contributed by atoms with Gasteiger partial charge in [0, 0.05) is 13.0 Å². The number of unbranched alkanes of at least 4 members (excludes halogenated alkanes) is 14. The molecule has 0 aromatic rings. The van der Waals surface area contributed by atoms with E-state index in [1.54, 1.807) is 6.08 Å². The number of allylic oxidation sites excluding steroid dienone is 11. The Labute approximate surface area is 335 Å². The van der Waals surface area contributed by atoms with Crippen molar-refractivity contribution in [2.75, 3.05) is 26.4 Å². The van der Waals surface area contributed by atoms with E-state index in [1.807, 2.05) is 36.5 Å². The zero-order chi connectivity index (χ0) is 40.3. The van der Waals surface area contributed by atoms with Crippen LogP contribution in [0.5, 0.6) is 0 Å². The van der Waals surface area contributed by atoms with Gasteiger partial charge in [-0.25, -0.2) is 4.57 Å². The number of aliphatic hydroxyl groups is 1. The van der Waals surface area contributed by atoms with Gasteiger partial charge in [-0.3, -0.25) is 13.8 Å². The molecule has 0 saturated carbocycles. The topological polar surface area (TPSA) is 138 Å². The highest BCUT2D eigenvalue weighted by Crippen LogP contribution is 2.43. The van der Waals surface area contributed by atoms with E-state index in [9.17, 15) is 19.4 Å². The highest BCUT2D eigenvalue weighted by molar-refractivity contribution is 7.47. The van der Waals surface area contributed by atoms with Crippen molar-refractivity contribution in [2.24, 2.45) is 5.73 Å². The van der Waals surface area contributed by atoms with Gasteiger partial charge in [0.05, 0.1) is 25.6 Å². The third kappa shape index (κ3) is 40.9. The summed E-state index contributed by atoms with van der Waals surface area (Å²) in [6.07, 6.45) is 50.2. The van der Waals surface area contributed by atoms with E-state index in [4.69, 9.17) is 24.3 Å². The summed E-state index contributed by atoms with van der Waals surface area (Å²) in [6.45, 7) is 3.89. The van der Waals surface area contributed by atoms with Gasteiger partial charge in [-0.05, 0) is 57.4 Å². The van der Waals surface area contributed by atoms with Crippen molar-refractivity contribution in [3.05, 3.63) is 85.3 Å². The van der Waals surface area contributed by atoms with Crippen LogP contribution in [0.1, 0.15) is 155 Å². The minimum atomic E-state index is -4.31. The molecule has 9 nitrogen and oxygen atoms in total. The van der Waals surface area contributed by atoms with Crippen molar-refractivity contribution in [2.45, 2.75) is 167 Å². The molecule has 0 bridgehead atoms. The number of aliphatic hydroxyl groups excluding tert-OH is 1. The van der Waals surface area contributed by atoms with Crippen molar-refractivity contribution in [3.8, 4) is 0 Å². The maximum absolute atomic E-state index is 12.4. The van der Waals surface area contributed by atoms with Crippen LogP contribution in [-0.2, 0) is 27.9 Å². The zero-order valence-electron chi connectivity index (χ0n) is 34.5. The van der Waals surface area contributed by atoms with Crippen molar-refractivity contribution in [3.63, 3.8) is 0 Å². The predicted octanol–water partition coefficient (Wildman–Crippen LogP) is 11.8. The maximum Gasteiger partial charge on any atom is 0.472 e. The second-order valence-electron chi connectivity index (χ2n) is 13.7. The largest absolute Gasteiger partial charge is 0.492 e. The number of hydrogen-bond donors (Lipinski definition) is 3. The van der Waals surface area contributed by atoms with E-state index >= 15 is 0 Å². The highest BCUT2D eigenvalue weighted by Gasteiger charge is 2.24. The van der Waals surface area contributed by atoms with Gasteiger partial charge in [0.15, 0.2) is 6.10 Å². The molecule has 4 N–H and O–H groups in total. The second kappa shape index (κ2) is 41.1. The second-order valence-corrected chi connectivity index (χ2v) is 15.2. The maximum atomic E-state index is 12.4. The van der Waals surface area contributed by atoms with E-state index in [2.05, 4.69) is 50.3 Å². The summed E-state index contributed by atoms with van der Waals surface area (Å²) in [4.78, 5) is 22.3. The Kier molecular flexibility index (Phi) is 39.2. The van der Waals surface area contributed by atoms with E-state index in [1.165, 1.54) is 83.3 Å². The fourth-order valence-corrected chi connectivity index (χ4v) is 6.09. The standard InChI is InChI=1S/C45H78NO8P/c1-3-5-7-9-11-13-15-17-18-19-21-23-25-27-29-34-39-51-44(42-54-55(49,50)53-40-38-46)41-52-45(48)37-33-30-32-36-43(47)35-31-28-26-24-22-20-16-14-12-10-8-6-4-2/h6,8,12,14,20,22,26,28,30-32,34-35,39,43-44,47H,3-5,7,9-11,13,15-19,21,23-25,27,29,33,36-38,40-42,46H2,1-2H3,(H,49,50)/b8-6-,14-12-,22-20-,28-26-,32-30-,35-31-,39-34+/t43?,44-/m1/s1. The number of ether oxygens (including phenoxy) is 2.